The number of aromatic nitrogens is 2. The lowest BCUT2D eigenvalue weighted by molar-refractivity contribution is 0.00797. The summed E-state index contributed by atoms with van der Waals surface area (Å²) in [7, 11) is 0. The number of fused-ring (bicyclic) bond motifs is 1. The van der Waals surface area contributed by atoms with Crippen LogP contribution in [0.4, 0.5) is 4.79 Å². The molecule has 2 heterocycles. The summed E-state index contributed by atoms with van der Waals surface area (Å²) in [5, 5.41) is 8.61. The summed E-state index contributed by atoms with van der Waals surface area (Å²) in [4.78, 5) is 13.7. The molecule has 1 fully saturated rings. The molecule has 1 amide bonds. The normalized spacial score (nSPS) is 16.1. The molecule has 1 aromatic carbocycles. The fourth-order valence-electron chi connectivity index (χ4n) is 2.59. The minimum absolute atomic E-state index is 0.237. The minimum Gasteiger partial charge on any atom is -0.444 e. The second-order valence-electron chi connectivity index (χ2n) is 6.74. The summed E-state index contributed by atoms with van der Waals surface area (Å²) in [5.74, 6) is 0.310. The number of amides is 1. The highest BCUT2D eigenvalue weighted by atomic mass is 16.6. The monoisotopic (exact) mass is 287 g/mol. The molecule has 0 atom stereocenters. The van der Waals surface area contributed by atoms with Crippen molar-refractivity contribution < 1.29 is 9.53 Å². The summed E-state index contributed by atoms with van der Waals surface area (Å²) >= 11 is 0. The number of aryl methyl sites for hydroxylation is 1. The number of rotatable bonds is 1. The largest absolute Gasteiger partial charge is 0.444 e. The van der Waals surface area contributed by atoms with Crippen LogP contribution in [0, 0.1) is 6.92 Å². The first-order valence-corrected chi connectivity index (χ1v) is 7.26. The van der Waals surface area contributed by atoms with Gasteiger partial charge in [-0.1, -0.05) is 11.6 Å². The lowest BCUT2D eigenvalue weighted by Gasteiger charge is -2.39. The van der Waals surface area contributed by atoms with E-state index in [2.05, 4.69) is 29.3 Å². The highest BCUT2D eigenvalue weighted by Crippen LogP contribution is 2.31. The molecule has 21 heavy (non-hydrogen) atoms. The van der Waals surface area contributed by atoms with E-state index in [0.717, 1.165) is 16.6 Å². The topological polar surface area (TPSA) is 58.2 Å². The molecule has 1 aliphatic heterocycles. The van der Waals surface area contributed by atoms with Crippen molar-refractivity contribution >= 4 is 17.0 Å². The summed E-state index contributed by atoms with van der Waals surface area (Å²) in [6, 6.07) is 6.22. The van der Waals surface area contributed by atoms with E-state index < -0.39 is 5.60 Å². The van der Waals surface area contributed by atoms with Gasteiger partial charge in [-0.15, -0.1) is 0 Å². The van der Waals surface area contributed by atoms with Gasteiger partial charge in [-0.25, -0.2) is 4.79 Å². The number of carbonyl (C=O) groups excluding carboxylic acids is 1. The summed E-state index contributed by atoms with van der Waals surface area (Å²) in [5.41, 5.74) is 2.87. The Kier molecular flexibility index (Phi) is 3.15. The smallest absolute Gasteiger partial charge is 0.410 e. The van der Waals surface area contributed by atoms with E-state index >= 15 is 0 Å². The molecule has 1 saturated heterocycles. The predicted molar refractivity (Wildman–Crippen MR) is 81.4 cm³/mol. The maximum atomic E-state index is 12.0. The Hall–Kier alpha value is -2.04. The maximum Gasteiger partial charge on any atom is 0.410 e. The van der Waals surface area contributed by atoms with Gasteiger partial charge in [0.15, 0.2) is 0 Å². The third kappa shape index (κ3) is 2.73. The van der Waals surface area contributed by atoms with Gasteiger partial charge in [0, 0.05) is 30.1 Å². The van der Waals surface area contributed by atoms with Gasteiger partial charge in [-0.05, 0) is 39.8 Å². The Morgan fingerprint density at radius 1 is 1.38 bits per heavy atom. The highest BCUT2D eigenvalue weighted by Gasteiger charge is 2.36. The third-order valence-corrected chi connectivity index (χ3v) is 3.68. The third-order valence-electron chi connectivity index (χ3n) is 3.68. The molecular formula is C16H21N3O2. The van der Waals surface area contributed by atoms with Crippen molar-refractivity contribution in [3.63, 3.8) is 0 Å². The number of carbonyl (C=O) groups is 1. The van der Waals surface area contributed by atoms with Crippen LogP contribution in [0.2, 0.25) is 0 Å². The number of nitrogens with zero attached hydrogens (tertiary/aromatic N) is 2. The fourth-order valence-corrected chi connectivity index (χ4v) is 2.59. The number of likely N-dealkylation sites (tertiary alicyclic amines) is 1. The van der Waals surface area contributed by atoms with E-state index in [1.807, 2.05) is 26.8 Å². The lowest BCUT2D eigenvalue weighted by atomic mass is 9.94. The molecule has 112 valence electrons. The molecule has 3 rings (SSSR count). The van der Waals surface area contributed by atoms with Gasteiger partial charge in [0.25, 0.3) is 0 Å². The van der Waals surface area contributed by atoms with Crippen molar-refractivity contribution in [2.45, 2.75) is 39.2 Å². The summed E-state index contributed by atoms with van der Waals surface area (Å²) in [6.07, 6.45) is -0.237. The zero-order valence-electron chi connectivity index (χ0n) is 12.9. The van der Waals surface area contributed by atoms with E-state index in [4.69, 9.17) is 4.74 Å². The van der Waals surface area contributed by atoms with Gasteiger partial charge in [0.05, 0.1) is 5.52 Å². The Bertz CT molecular complexity index is 678. The standard InChI is InChI=1S/C16H21N3O2/c1-10-5-6-13-12(7-10)14(18-17-13)11-8-19(9-11)15(20)21-16(2,3)4/h5-7,11H,8-9H2,1-4H3,(H,17,18). The van der Waals surface area contributed by atoms with Gasteiger partial charge in [-0.3, -0.25) is 5.10 Å². The van der Waals surface area contributed by atoms with Gasteiger partial charge in [0.1, 0.15) is 5.60 Å². The number of H-pyrrole nitrogens is 1. The van der Waals surface area contributed by atoms with E-state index in [1.54, 1.807) is 4.90 Å². The molecule has 1 aromatic heterocycles. The Labute approximate surface area is 124 Å². The number of benzene rings is 1. The molecule has 0 spiro atoms. The highest BCUT2D eigenvalue weighted by molar-refractivity contribution is 5.83. The van der Waals surface area contributed by atoms with Crippen molar-refractivity contribution in [2.24, 2.45) is 0 Å². The second kappa shape index (κ2) is 4.76. The SMILES string of the molecule is Cc1ccc2n[nH]c(C3CN(C(=O)OC(C)(C)C)C3)c2c1. The van der Waals surface area contributed by atoms with Crippen LogP contribution in [-0.4, -0.2) is 39.9 Å². The number of hydrogen-bond donors (Lipinski definition) is 1. The fraction of sp³-hybridized carbons (Fsp3) is 0.500. The van der Waals surface area contributed by atoms with E-state index in [1.165, 1.54) is 5.56 Å². The summed E-state index contributed by atoms with van der Waals surface area (Å²) in [6.45, 7) is 9.08. The van der Waals surface area contributed by atoms with Crippen molar-refractivity contribution in [1.82, 2.24) is 15.1 Å². The molecule has 0 unspecified atom stereocenters. The number of nitrogens with one attached hydrogen (secondary N) is 1. The molecule has 0 radical (unpaired) electrons. The average molecular weight is 287 g/mol. The number of hydrogen-bond acceptors (Lipinski definition) is 3. The molecule has 0 aliphatic carbocycles. The quantitative estimate of drug-likeness (QED) is 0.876. The van der Waals surface area contributed by atoms with Crippen LogP contribution < -0.4 is 0 Å². The molecule has 5 heteroatoms. The van der Waals surface area contributed by atoms with Crippen LogP contribution in [0.15, 0.2) is 18.2 Å². The van der Waals surface area contributed by atoms with Crippen LogP contribution in [0.5, 0.6) is 0 Å². The van der Waals surface area contributed by atoms with Crippen LogP contribution in [0.3, 0.4) is 0 Å². The minimum atomic E-state index is -0.444. The number of ether oxygens (including phenoxy) is 1. The van der Waals surface area contributed by atoms with Crippen molar-refractivity contribution in [1.29, 1.82) is 0 Å². The lowest BCUT2D eigenvalue weighted by Crippen LogP contribution is -2.50. The molecule has 5 nitrogen and oxygen atoms in total. The van der Waals surface area contributed by atoms with Crippen LogP contribution in [0.1, 0.15) is 37.9 Å². The maximum absolute atomic E-state index is 12.0. The zero-order valence-corrected chi connectivity index (χ0v) is 12.9. The first-order chi connectivity index (χ1) is 9.83. The van der Waals surface area contributed by atoms with Crippen molar-refractivity contribution in [3.05, 3.63) is 29.5 Å². The van der Waals surface area contributed by atoms with E-state index in [-0.39, 0.29) is 6.09 Å². The van der Waals surface area contributed by atoms with Crippen molar-refractivity contribution in [3.8, 4) is 0 Å². The second-order valence-corrected chi connectivity index (χ2v) is 6.74. The predicted octanol–water partition coefficient (Wildman–Crippen LogP) is 3.21. The van der Waals surface area contributed by atoms with Gasteiger partial charge < -0.3 is 9.64 Å². The molecule has 0 saturated carbocycles. The first-order valence-electron chi connectivity index (χ1n) is 7.26. The van der Waals surface area contributed by atoms with Gasteiger partial charge in [-0.2, -0.15) is 5.10 Å². The molecule has 0 bridgehead atoms. The van der Waals surface area contributed by atoms with Crippen LogP contribution in [-0.2, 0) is 4.74 Å². The van der Waals surface area contributed by atoms with Gasteiger partial charge >= 0.3 is 6.09 Å². The Morgan fingerprint density at radius 2 is 2.10 bits per heavy atom. The summed E-state index contributed by atoms with van der Waals surface area (Å²) < 4.78 is 5.38. The number of aromatic amines is 1. The van der Waals surface area contributed by atoms with E-state index in [0.29, 0.717) is 19.0 Å². The average Bonchev–Trinajstić information content (AvgIpc) is 2.68. The molecule has 1 aliphatic rings. The molecular weight excluding hydrogens is 266 g/mol. The van der Waals surface area contributed by atoms with Crippen molar-refractivity contribution in [2.75, 3.05) is 13.1 Å². The first kappa shape index (κ1) is 13.9. The molecule has 1 N–H and O–H groups in total. The molecule has 2 aromatic rings. The van der Waals surface area contributed by atoms with E-state index in [9.17, 15) is 4.79 Å². The zero-order chi connectivity index (χ0) is 15.2. The Balaban J connectivity index is 1.70. The van der Waals surface area contributed by atoms with Gasteiger partial charge in [0.2, 0.25) is 0 Å². The van der Waals surface area contributed by atoms with Crippen LogP contribution >= 0.6 is 0 Å². The van der Waals surface area contributed by atoms with Crippen LogP contribution in [0.25, 0.3) is 10.9 Å². The Morgan fingerprint density at radius 3 is 2.76 bits per heavy atom.